The Morgan fingerprint density at radius 3 is 2.50 bits per heavy atom. The predicted molar refractivity (Wildman–Crippen MR) is 68.9 cm³/mol. The maximum atomic E-state index is 5.23. The minimum atomic E-state index is 0.375. The van der Waals surface area contributed by atoms with E-state index < -0.39 is 0 Å². The molecule has 2 nitrogen and oxygen atoms in total. The van der Waals surface area contributed by atoms with E-state index in [1.165, 1.54) is 18.4 Å². The Balaban J connectivity index is 2.67. The number of nitrogens with one attached hydrogen (secondary N) is 1. The van der Waals surface area contributed by atoms with E-state index in [2.05, 4.69) is 38.2 Å². The van der Waals surface area contributed by atoms with Crippen molar-refractivity contribution in [3.8, 4) is 5.75 Å². The van der Waals surface area contributed by atoms with E-state index >= 15 is 0 Å². The molecule has 0 amide bonds. The Bertz CT molecular complexity index is 307. The predicted octanol–water partition coefficient (Wildman–Crippen LogP) is 3.53. The first kappa shape index (κ1) is 13.0. The highest BCUT2D eigenvalue weighted by Gasteiger charge is 2.10. The molecular formula is C14H23NO. The summed E-state index contributed by atoms with van der Waals surface area (Å²) in [5, 5.41) is 3.63. The highest BCUT2D eigenvalue weighted by Crippen LogP contribution is 2.19. The molecule has 0 aromatic heterocycles. The monoisotopic (exact) mass is 221 g/mol. The Labute approximate surface area is 99.0 Å². The zero-order chi connectivity index (χ0) is 12.0. The lowest BCUT2D eigenvalue weighted by atomic mass is 10.1. The minimum Gasteiger partial charge on any atom is -0.497 e. The van der Waals surface area contributed by atoms with Crippen LogP contribution in [0.1, 0.15) is 45.2 Å². The zero-order valence-corrected chi connectivity index (χ0v) is 10.8. The summed E-state index contributed by atoms with van der Waals surface area (Å²) in [5.74, 6) is 0.927. The van der Waals surface area contributed by atoms with Gasteiger partial charge in [0, 0.05) is 12.1 Å². The van der Waals surface area contributed by atoms with Gasteiger partial charge in [0.15, 0.2) is 0 Å². The van der Waals surface area contributed by atoms with Gasteiger partial charge >= 0.3 is 0 Å². The Morgan fingerprint density at radius 2 is 1.94 bits per heavy atom. The third-order valence-corrected chi connectivity index (χ3v) is 3.07. The molecule has 1 aromatic rings. The van der Waals surface area contributed by atoms with E-state index in [4.69, 9.17) is 4.74 Å². The molecule has 0 radical (unpaired) electrons. The van der Waals surface area contributed by atoms with Crippen LogP contribution in [0.25, 0.3) is 0 Å². The lowest BCUT2D eigenvalue weighted by Gasteiger charge is -2.21. The van der Waals surface area contributed by atoms with Crippen molar-refractivity contribution in [1.82, 2.24) is 5.32 Å². The largest absolute Gasteiger partial charge is 0.497 e. The van der Waals surface area contributed by atoms with Crippen LogP contribution in [0.15, 0.2) is 24.3 Å². The molecule has 90 valence electrons. The summed E-state index contributed by atoms with van der Waals surface area (Å²) >= 11 is 0. The quantitative estimate of drug-likeness (QED) is 0.793. The van der Waals surface area contributed by atoms with Crippen molar-refractivity contribution in [2.45, 2.75) is 45.7 Å². The van der Waals surface area contributed by atoms with Gasteiger partial charge in [-0.15, -0.1) is 0 Å². The molecule has 1 aromatic carbocycles. The third-order valence-electron chi connectivity index (χ3n) is 3.07. The van der Waals surface area contributed by atoms with Crippen molar-refractivity contribution >= 4 is 0 Å². The van der Waals surface area contributed by atoms with Crippen LogP contribution in [-0.2, 0) is 0 Å². The number of hydrogen-bond donors (Lipinski definition) is 1. The van der Waals surface area contributed by atoms with Crippen LogP contribution >= 0.6 is 0 Å². The summed E-state index contributed by atoms with van der Waals surface area (Å²) in [7, 11) is 1.71. The third kappa shape index (κ3) is 3.53. The molecule has 0 fully saturated rings. The molecule has 1 N–H and O–H groups in total. The van der Waals surface area contributed by atoms with Gasteiger partial charge in [0.25, 0.3) is 0 Å². The molecule has 0 aliphatic heterocycles. The van der Waals surface area contributed by atoms with Gasteiger partial charge in [0.2, 0.25) is 0 Å². The van der Waals surface area contributed by atoms with Gasteiger partial charge in [-0.2, -0.15) is 0 Å². The number of hydrogen-bond acceptors (Lipinski definition) is 2. The van der Waals surface area contributed by atoms with Crippen LogP contribution < -0.4 is 10.1 Å². The first-order valence-electron chi connectivity index (χ1n) is 6.11. The second-order valence-electron chi connectivity index (χ2n) is 4.18. The summed E-state index contributed by atoms with van der Waals surface area (Å²) in [6.07, 6.45) is 2.34. The average molecular weight is 221 g/mol. The van der Waals surface area contributed by atoms with E-state index in [0.717, 1.165) is 5.75 Å². The van der Waals surface area contributed by atoms with E-state index in [1.54, 1.807) is 7.11 Å². The molecule has 0 saturated heterocycles. The Hall–Kier alpha value is -1.02. The molecular weight excluding hydrogens is 198 g/mol. The lowest BCUT2D eigenvalue weighted by molar-refractivity contribution is 0.409. The highest BCUT2D eigenvalue weighted by molar-refractivity contribution is 5.30. The van der Waals surface area contributed by atoms with E-state index in [-0.39, 0.29) is 0 Å². The fourth-order valence-electron chi connectivity index (χ4n) is 1.89. The number of ether oxygens (including phenoxy) is 1. The summed E-state index contributed by atoms with van der Waals surface area (Å²) < 4.78 is 5.23. The molecule has 0 unspecified atom stereocenters. The first-order valence-corrected chi connectivity index (χ1v) is 6.11. The standard InChI is InChI=1S/C14H23NO/c1-5-13(6-2)15-11(3)12-8-7-9-14(10-12)16-4/h7-11,13,15H,5-6H2,1-4H3/t11-/m0/s1. The SMILES string of the molecule is CCC(CC)N[C@@H](C)c1cccc(OC)c1. The normalized spacial score (nSPS) is 12.8. The van der Waals surface area contributed by atoms with Crippen LogP contribution in [0.2, 0.25) is 0 Å². The van der Waals surface area contributed by atoms with Gasteiger partial charge < -0.3 is 10.1 Å². The average Bonchev–Trinajstić information content (AvgIpc) is 2.35. The fourth-order valence-corrected chi connectivity index (χ4v) is 1.89. The summed E-state index contributed by atoms with van der Waals surface area (Å²) in [6, 6.07) is 9.23. The number of benzene rings is 1. The summed E-state index contributed by atoms with van der Waals surface area (Å²) in [4.78, 5) is 0. The van der Waals surface area contributed by atoms with Gasteiger partial charge in [0.1, 0.15) is 5.75 Å². The van der Waals surface area contributed by atoms with Crippen LogP contribution in [0, 0.1) is 0 Å². The molecule has 0 saturated carbocycles. The lowest BCUT2D eigenvalue weighted by Crippen LogP contribution is -2.30. The van der Waals surface area contributed by atoms with Crippen molar-refractivity contribution in [2.75, 3.05) is 7.11 Å². The Morgan fingerprint density at radius 1 is 1.25 bits per heavy atom. The van der Waals surface area contributed by atoms with Crippen LogP contribution in [-0.4, -0.2) is 13.2 Å². The molecule has 1 atom stereocenters. The van der Waals surface area contributed by atoms with Crippen LogP contribution in [0.4, 0.5) is 0 Å². The van der Waals surface area contributed by atoms with Crippen LogP contribution in [0.5, 0.6) is 5.75 Å². The minimum absolute atomic E-state index is 0.375. The second kappa shape index (κ2) is 6.54. The molecule has 0 aliphatic rings. The number of methoxy groups -OCH3 is 1. The molecule has 16 heavy (non-hydrogen) atoms. The van der Waals surface area contributed by atoms with Crippen molar-refractivity contribution < 1.29 is 4.74 Å². The van der Waals surface area contributed by atoms with Crippen molar-refractivity contribution in [3.63, 3.8) is 0 Å². The first-order chi connectivity index (χ1) is 7.71. The highest BCUT2D eigenvalue weighted by atomic mass is 16.5. The number of rotatable bonds is 6. The smallest absolute Gasteiger partial charge is 0.119 e. The Kier molecular flexibility index (Phi) is 5.33. The van der Waals surface area contributed by atoms with E-state index in [9.17, 15) is 0 Å². The topological polar surface area (TPSA) is 21.3 Å². The van der Waals surface area contributed by atoms with Crippen molar-refractivity contribution in [3.05, 3.63) is 29.8 Å². The second-order valence-corrected chi connectivity index (χ2v) is 4.18. The van der Waals surface area contributed by atoms with E-state index in [1.807, 2.05) is 12.1 Å². The van der Waals surface area contributed by atoms with Gasteiger partial charge in [0.05, 0.1) is 7.11 Å². The zero-order valence-electron chi connectivity index (χ0n) is 10.8. The molecule has 0 spiro atoms. The maximum absolute atomic E-state index is 5.23. The van der Waals surface area contributed by atoms with Crippen molar-refractivity contribution in [1.29, 1.82) is 0 Å². The van der Waals surface area contributed by atoms with Crippen molar-refractivity contribution in [2.24, 2.45) is 0 Å². The molecule has 0 heterocycles. The summed E-state index contributed by atoms with van der Waals surface area (Å²) in [6.45, 7) is 6.64. The van der Waals surface area contributed by atoms with Gasteiger partial charge in [-0.1, -0.05) is 26.0 Å². The fraction of sp³-hybridized carbons (Fsp3) is 0.571. The molecule has 2 heteroatoms. The molecule has 1 rings (SSSR count). The molecule has 0 bridgehead atoms. The van der Waals surface area contributed by atoms with Gasteiger partial charge in [-0.3, -0.25) is 0 Å². The van der Waals surface area contributed by atoms with E-state index in [0.29, 0.717) is 12.1 Å². The van der Waals surface area contributed by atoms with Gasteiger partial charge in [-0.05, 0) is 37.5 Å². The molecule has 0 aliphatic carbocycles. The van der Waals surface area contributed by atoms with Gasteiger partial charge in [-0.25, -0.2) is 0 Å². The van der Waals surface area contributed by atoms with Crippen LogP contribution in [0.3, 0.4) is 0 Å². The summed E-state index contributed by atoms with van der Waals surface area (Å²) in [5.41, 5.74) is 1.28. The maximum Gasteiger partial charge on any atom is 0.119 e.